The minimum Gasteiger partial charge on any atom is -0.493 e. The molecule has 156 valence electrons. The molecule has 2 N–H and O–H groups in total. The lowest BCUT2D eigenvalue weighted by Gasteiger charge is -2.11. The van der Waals surface area contributed by atoms with Gasteiger partial charge >= 0.3 is 5.69 Å². The fourth-order valence-corrected chi connectivity index (χ4v) is 2.86. The summed E-state index contributed by atoms with van der Waals surface area (Å²) in [5, 5.41) is 17.7. The number of aromatic nitrogens is 3. The molecule has 2 heterocycles. The Bertz CT molecular complexity index is 1000. The van der Waals surface area contributed by atoms with Crippen molar-refractivity contribution in [2.24, 2.45) is 0 Å². The third-order valence-corrected chi connectivity index (χ3v) is 4.34. The van der Waals surface area contributed by atoms with Gasteiger partial charge in [-0.2, -0.15) is 0 Å². The van der Waals surface area contributed by atoms with Crippen molar-refractivity contribution in [1.82, 2.24) is 15.0 Å². The van der Waals surface area contributed by atoms with Crippen LogP contribution in [0.1, 0.15) is 11.1 Å². The number of nitrogens with zero attached hydrogens (tertiary/aromatic N) is 4. The van der Waals surface area contributed by atoms with Gasteiger partial charge in [-0.25, -0.2) is 9.97 Å². The molecule has 0 unspecified atom stereocenters. The Kier molecular flexibility index (Phi) is 6.93. The summed E-state index contributed by atoms with van der Waals surface area (Å²) >= 11 is 0. The third kappa shape index (κ3) is 5.10. The summed E-state index contributed by atoms with van der Waals surface area (Å²) in [6.07, 6.45) is 5.25. The molecule has 0 spiro atoms. The van der Waals surface area contributed by atoms with E-state index in [1.807, 2.05) is 24.3 Å². The van der Waals surface area contributed by atoms with Crippen LogP contribution in [0.25, 0.3) is 0 Å². The molecule has 0 saturated carbocycles. The van der Waals surface area contributed by atoms with Crippen LogP contribution in [-0.4, -0.2) is 40.6 Å². The lowest BCUT2D eigenvalue weighted by atomic mass is 10.1. The van der Waals surface area contributed by atoms with Gasteiger partial charge in [0.15, 0.2) is 11.5 Å². The van der Waals surface area contributed by atoms with Gasteiger partial charge in [0.05, 0.1) is 19.1 Å². The number of anilines is 2. The summed E-state index contributed by atoms with van der Waals surface area (Å²) in [4.78, 5) is 23.3. The molecular formula is C20H22N6O4. The van der Waals surface area contributed by atoms with E-state index in [4.69, 9.17) is 9.47 Å². The predicted molar refractivity (Wildman–Crippen MR) is 112 cm³/mol. The van der Waals surface area contributed by atoms with Crippen LogP contribution in [0.5, 0.6) is 11.5 Å². The van der Waals surface area contributed by atoms with E-state index in [0.717, 1.165) is 11.1 Å². The number of pyridine rings is 1. The number of nitrogens with one attached hydrogen (secondary N) is 2. The molecule has 3 aromatic rings. The smallest absolute Gasteiger partial charge is 0.353 e. The number of benzene rings is 1. The quantitative estimate of drug-likeness (QED) is 0.383. The van der Waals surface area contributed by atoms with Gasteiger partial charge in [0.1, 0.15) is 6.33 Å². The van der Waals surface area contributed by atoms with Gasteiger partial charge in [0, 0.05) is 25.5 Å². The largest absolute Gasteiger partial charge is 0.493 e. The molecule has 0 fully saturated rings. The maximum absolute atomic E-state index is 11.6. The van der Waals surface area contributed by atoms with Crippen molar-refractivity contribution in [3.05, 3.63) is 70.3 Å². The molecule has 0 bridgehead atoms. The minimum atomic E-state index is -0.496. The molecule has 0 aliphatic heterocycles. The number of hydrogen-bond acceptors (Lipinski definition) is 9. The highest BCUT2D eigenvalue weighted by Gasteiger charge is 2.22. The number of methoxy groups -OCH3 is 2. The highest BCUT2D eigenvalue weighted by Crippen LogP contribution is 2.30. The molecule has 0 saturated heterocycles. The monoisotopic (exact) mass is 410 g/mol. The van der Waals surface area contributed by atoms with E-state index in [2.05, 4.69) is 25.6 Å². The van der Waals surface area contributed by atoms with Crippen molar-refractivity contribution >= 4 is 17.3 Å². The van der Waals surface area contributed by atoms with Gasteiger partial charge in [0.2, 0.25) is 11.6 Å². The Balaban J connectivity index is 1.69. The van der Waals surface area contributed by atoms with Gasteiger partial charge < -0.3 is 20.1 Å². The van der Waals surface area contributed by atoms with Crippen LogP contribution in [0.15, 0.2) is 49.1 Å². The average molecular weight is 410 g/mol. The van der Waals surface area contributed by atoms with Gasteiger partial charge in [-0.1, -0.05) is 12.1 Å². The second-order valence-electron chi connectivity index (χ2n) is 6.26. The Labute approximate surface area is 173 Å². The van der Waals surface area contributed by atoms with Crippen molar-refractivity contribution in [1.29, 1.82) is 0 Å². The highest BCUT2D eigenvalue weighted by atomic mass is 16.6. The van der Waals surface area contributed by atoms with Crippen molar-refractivity contribution < 1.29 is 14.4 Å². The van der Waals surface area contributed by atoms with E-state index in [1.54, 1.807) is 32.7 Å². The Morgan fingerprint density at radius 3 is 2.47 bits per heavy atom. The standard InChI is InChI=1S/C20H22N6O4/c1-29-16-6-5-14(10-17(16)30-2)7-9-22-19-18(26(27)28)20(25-13-24-19)23-12-15-4-3-8-21-11-15/h3-6,8,10-11,13H,7,9,12H2,1-2H3,(H2,22,23,24,25). The molecule has 0 aliphatic carbocycles. The zero-order chi connectivity index (χ0) is 21.3. The number of ether oxygens (including phenoxy) is 2. The molecule has 3 rings (SSSR count). The third-order valence-electron chi connectivity index (χ3n) is 4.34. The van der Waals surface area contributed by atoms with Crippen LogP contribution in [0.4, 0.5) is 17.3 Å². The Morgan fingerprint density at radius 1 is 1.03 bits per heavy atom. The average Bonchev–Trinajstić information content (AvgIpc) is 2.78. The van der Waals surface area contributed by atoms with E-state index in [9.17, 15) is 10.1 Å². The summed E-state index contributed by atoms with van der Waals surface area (Å²) in [7, 11) is 3.15. The summed E-state index contributed by atoms with van der Waals surface area (Å²) in [5.74, 6) is 1.58. The minimum absolute atomic E-state index is 0.146. The van der Waals surface area contributed by atoms with E-state index < -0.39 is 4.92 Å². The van der Waals surface area contributed by atoms with Crippen LogP contribution in [0.2, 0.25) is 0 Å². The van der Waals surface area contributed by atoms with Crippen LogP contribution in [-0.2, 0) is 13.0 Å². The maximum Gasteiger partial charge on any atom is 0.353 e. The van der Waals surface area contributed by atoms with Crippen molar-refractivity contribution in [3.63, 3.8) is 0 Å². The molecule has 1 aromatic carbocycles. The molecule has 10 nitrogen and oxygen atoms in total. The van der Waals surface area contributed by atoms with Crippen LogP contribution >= 0.6 is 0 Å². The molecule has 30 heavy (non-hydrogen) atoms. The summed E-state index contributed by atoms with van der Waals surface area (Å²) in [6, 6.07) is 9.28. The SMILES string of the molecule is COc1ccc(CCNc2ncnc(NCc3cccnc3)c2[N+](=O)[O-])cc1OC. The highest BCUT2D eigenvalue weighted by molar-refractivity contribution is 5.69. The lowest BCUT2D eigenvalue weighted by molar-refractivity contribution is -0.383. The molecule has 0 aliphatic rings. The molecule has 0 atom stereocenters. The van der Waals surface area contributed by atoms with Gasteiger partial charge in [0.25, 0.3) is 0 Å². The number of nitro groups is 1. The molecule has 0 amide bonds. The summed E-state index contributed by atoms with van der Waals surface area (Å²) < 4.78 is 10.5. The fourth-order valence-electron chi connectivity index (χ4n) is 2.86. The number of rotatable bonds is 10. The predicted octanol–water partition coefficient (Wildman–Crippen LogP) is 3.06. The first-order chi connectivity index (χ1) is 14.6. The van der Waals surface area contributed by atoms with E-state index >= 15 is 0 Å². The Hall–Kier alpha value is -3.95. The molecule has 0 radical (unpaired) electrons. The Morgan fingerprint density at radius 2 is 1.80 bits per heavy atom. The van der Waals surface area contributed by atoms with Crippen molar-refractivity contribution in [3.8, 4) is 11.5 Å². The van der Waals surface area contributed by atoms with E-state index in [-0.39, 0.29) is 17.3 Å². The normalized spacial score (nSPS) is 10.3. The van der Waals surface area contributed by atoms with Crippen molar-refractivity contribution in [2.45, 2.75) is 13.0 Å². The first-order valence-corrected chi connectivity index (χ1v) is 9.19. The van der Waals surface area contributed by atoms with Gasteiger partial charge in [-0.15, -0.1) is 0 Å². The second kappa shape index (κ2) is 10.0. The van der Waals surface area contributed by atoms with Crippen LogP contribution < -0.4 is 20.1 Å². The zero-order valence-electron chi connectivity index (χ0n) is 16.7. The first kappa shape index (κ1) is 20.8. The topological polar surface area (TPSA) is 124 Å². The number of hydrogen-bond donors (Lipinski definition) is 2. The maximum atomic E-state index is 11.6. The van der Waals surface area contributed by atoms with E-state index in [0.29, 0.717) is 31.0 Å². The lowest BCUT2D eigenvalue weighted by Crippen LogP contribution is -2.12. The van der Waals surface area contributed by atoms with Gasteiger partial charge in [-0.3, -0.25) is 15.1 Å². The van der Waals surface area contributed by atoms with Gasteiger partial charge in [-0.05, 0) is 35.7 Å². The molecule has 10 heteroatoms. The summed E-state index contributed by atoms with van der Waals surface area (Å²) in [5.41, 5.74) is 1.67. The summed E-state index contributed by atoms with van der Waals surface area (Å²) in [6.45, 7) is 0.798. The van der Waals surface area contributed by atoms with Crippen molar-refractivity contribution in [2.75, 3.05) is 31.4 Å². The van der Waals surface area contributed by atoms with E-state index in [1.165, 1.54) is 6.33 Å². The molecule has 2 aromatic heterocycles. The fraction of sp³-hybridized carbons (Fsp3) is 0.250. The second-order valence-corrected chi connectivity index (χ2v) is 6.26. The van der Waals surface area contributed by atoms with Crippen LogP contribution in [0.3, 0.4) is 0 Å². The molecular weight excluding hydrogens is 388 g/mol. The van der Waals surface area contributed by atoms with Crippen LogP contribution in [0, 0.1) is 10.1 Å². The zero-order valence-corrected chi connectivity index (χ0v) is 16.7. The first-order valence-electron chi connectivity index (χ1n) is 9.19.